The molecule has 1 aliphatic heterocycles. The summed E-state index contributed by atoms with van der Waals surface area (Å²) in [5, 5.41) is 12.5. The van der Waals surface area contributed by atoms with Crippen molar-refractivity contribution in [1.82, 2.24) is 5.32 Å². The first-order valence-corrected chi connectivity index (χ1v) is 5.70. The van der Waals surface area contributed by atoms with Crippen molar-refractivity contribution < 1.29 is 9.90 Å². The van der Waals surface area contributed by atoms with Crippen molar-refractivity contribution in [3.05, 3.63) is 0 Å². The Morgan fingerprint density at radius 3 is 3.00 bits per heavy atom. The van der Waals surface area contributed by atoms with Crippen LogP contribution >= 0.6 is 0 Å². The fourth-order valence-electron chi connectivity index (χ4n) is 3.17. The van der Waals surface area contributed by atoms with Crippen LogP contribution in [0.2, 0.25) is 0 Å². The number of aliphatic carboxylic acids is 1. The molecule has 0 aromatic rings. The average Bonchev–Trinajstić information content (AvgIpc) is 2.07. The van der Waals surface area contributed by atoms with Crippen LogP contribution in [0.4, 0.5) is 0 Å². The van der Waals surface area contributed by atoms with E-state index in [4.69, 9.17) is 5.11 Å². The van der Waals surface area contributed by atoms with Gasteiger partial charge in [-0.05, 0) is 31.2 Å². The van der Waals surface area contributed by atoms with Gasteiger partial charge in [0, 0.05) is 6.04 Å². The highest BCUT2D eigenvalue weighted by Gasteiger charge is 2.50. The topological polar surface area (TPSA) is 49.3 Å². The molecule has 3 nitrogen and oxygen atoms in total. The van der Waals surface area contributed by atoms with Crippen molar-refractivity contribution in [3.8, 4) is 0 Å². The third kappa shape index (κ3) is 1.54. The molecule has 0 spiro atoms. The molecule has 2 aliphatic rings. The lowest BCUT2D eigenvalue weighted by atomic mass is 9.60. The van der Waals surface area contributed by atoms with E-state index in [1.54, 1.807) is 0 Å². The summed E-state index contributed by atoms with van der Waals surface area (Å²) in [6.45, 7) is 3.27. The van der Waals surface area contributed by atoms with Gasteiger partial charge in [0.2, 0.25) is 0 Å². The van der Waals surface area contributed by atoms with Crippen LogP contribution in [0, 0.1) is 17.8 Å². The van der Waals surface area contributed by atoms with Crippen molar-refractivity contribution in [3.63, 3.8) is 0 Å². The Balaban J connectivity index is 2.00. The average molecular weight is 197 g/mol. The summed E-state index contributed by atoms with van der Waals surface area (Å²) < 4.78 is 0. The highest BCUT2D eigenvalue weighted by atomic mass is 16.4. The lowest BCUT2D eigenvalue weighted by Gasteiger charge is -2.50. The van der Waals surface area contributed by atoms with Gasteiger partial charge in [0.25, 0.3) is 0 Å². The normalized spacial score (nSPS) is 41.2. The van der Waals surface area contributed by atoms with E-state index >= 15 is 0 Å². The fraction of sp³-hybridized carbons (Fsp3) is 0.909. The summed E-state index contributed by atoms with van der Waals surface area (Å²) in [5.41, 5.74) is 0. The first-order valence-electron chi connectivity index (χ1n) is 5.70. The lowest BCUT2D eigenvalue weighted by Crippen LogP contribution is -2.59. The van der Waals surface area contributed by atoms with E-state index in [0.29, 0.717) is 17.9 Å². The summed E-state index contributed by atoms with van der Waals surface area (Å²) in [5.74, 6) is 0.419. The number of carboxylic acid groups (broad SMARTS) is 1. The number of nitrogens with one attached hydrogen (secondary N) is 1. The summed E-state index contributed by atoms with van der Waals surface area (Å²) in [4.78, 5) is 11.0. The van der Waals surface area contributed by atoms with Crippen LogP contribution in [-0.2, 0) is 4.79 Å². The molecule has 1 saturated heterocycles. The van der Waals surface area contributed by atoms with Crippen molar-refractivity contribution >= 4 is 5.97 Å². The number of rotatable bonds is 3. The Hall–Kier alpha value is -0.570. The Morgan fingerprint density at radius 2 is 2.36 bits per heavy atom. The van der Waals surface area contributed by atoms with Gasteiger partial charge in [-0.15, -0.1) is 0 Å². The van der Waals surface area contributed by atoms with E-state index < -0.39 is 5.97 Å². The number of carbonyl (C=O) groups is 1. The van der Waals surface area contributed by atoms with Gasteiger partial charge in [-0.3, -0.25) is 4.79 Å². The van der Waals surface area contributed by atoms with Crippen LogP contribution in [0.3, 0.4) is 0 Å². The first-order chi connectivity index (χ1) is 6.74. The molecular formula is C11H19NO2. The minimum Gasteiger partial charge on any atom is -0.481 e. The predicted molar refractivity (Wildman–Crippen MR) is 54.0 cm³/mol. The largest absolute Gasteiger partial charge is 0.481 e. The third-order valence-electron chi connectivity index (χ3n) is 3.88. The zero-order chi connectivity index (χ0) is 10.1. The second kappa shape index (κ2) is 3.89. The van der Waals surface area contributed by atoms with Gasteiger partial charge < -0.3 is 10.4 Å². The highest BCUT2D eigenvalue weighted by Crippen LogP contribution is 2.45. The molecule has 0 aromatic heterocycles. The standard InChI is InChI=1S/C11H19NO2/c1-2-3-7-4-5-12-9-6-8(10(7)9)11(13)14/h7-10,12H,2-6H2,1H3,(H,13,14). The van der Waals surface area contributed by atoms with Crippen molar-refractivity contribution in [2.75, 3.05) is 6.54 Å². The number of hydrogen-bond acceptors (Lipinski definition) is 2. The highest BCUT2D eigenvalue weighted by molar-refractivity contribution is 5.72. The summed E-state index contributed by atoms with van der Waals surface area (Å²) in [6, 6.07) is 0.501. The van der Waals surface area contributed by atoms with E-state index in [1.165, 1.54) is 19.3 Å². The summed E-state index contributed by atoms with van der Waals surface area (Å²) >= 11 is 0. The lowest BCUT2D eigenvalue weighted by molar-refractivity contribution is -0.153. The predicted octanol–water partition coefficient (Wildman–Crippen LogP) is 1.49. The Labute approximate surface area is 84.9 Å². The van der Waals surface area contributed by atoms with Gasteiger partial charge in [-0.25, -0.2) is 0 Å². The van der Waals surface area contributed by atoms with E-state index in [1.807, 2.05) is 0 Å². The zero-order valence-electron chi connectivity index (χ0n) is 8.70. The fourth-order valence-corrected chi connectivity index (χ4v) is 3.17. The Kier molecular flexibility index (Phi) is 2.77. The molecule has 80 valence electrons. The van der Waals surface area contributed by atoms with Crippen LogP contribution in [0.25, 0.3) is 0 Å². The number of carboxylic acids is 1. The van der Waals surface area contributed by atoms with Gasteiger partial charge in [0.15, 0.2) is 0 Å². The van der Waals surface area contributed by atoms with Crippen LogP contribution < -0.4 is 5.32 Å². The Morgan fingerprint density at radius 1 is 1.57 bits per heavy atom. The van der Waals surface area contributed by atoms with E-state index in [0.717, 1.165) is 13.0 Å². The smallest absolute Gasteiger partial charge is 0.306 e. The molecule has 14 heavy (non-hydrogen) atoms. The van der Waals surface area contributed by atoms with Gasteiger partial charge in [-0.2, -0.15) is 0 Å². The maximum Gasteiger partial charge on any atom is 0.306 e. The third-order valence-corrected chi connectivity index (χ3v) is 3.88. The van der Waals surface area contributed by atoms with E-state index in [-0.39, 0.29) is 5.92 Å². The molecular weight excluding hydrogens is 178 g/mol. The molecule has 4 atom stereocenters. The number of fused-ring (bicyclic) bond motifs is 1. The molecule has 1 heterocycles. The van der Waals surface area contributed by atoms with Crippen molar-refractivity contribution in [2.24, 2.45) is 17.8 Å². The maximum atomic E-state index is 11.0. The molecule has 3 heteroatoms. The number of piperidine rings is 1. The molecule has 0 amide bonds. The molecule has 4 unspecified atom stereocenters. The van der Waals surface area contributed by atoms with Crippen LogP contribution in [-0.4, -0.2) is 23.7 Å². The van der Waals surface area contributed by atoms with Crippen LogP contribution in [0.5, 0.6) is 0 Å². The molecule has 2 fully saturated rings. The van der Waals surface area contributed by atoms with E-state index in [9.17, 15) is 4.79 Å². The monoisotopic (exact) mass is 197 g/mol. The summed E-state index contributed by atoms with van der Waals surface area (Å²) in [6.07, 6.45) is 4.39. The zero-order valence-corrected chi connectivity index (χ0v) is 8.70. The molecule has 0 aromatic carbocycles. The molecule has 0 bridgehead atoms. The summed E-state index contributed by atoms with van der Waals surface area (Å²) in [7, 11) is 0. The molecule has 0 radical (unpaired) electrons. The van der Waals surface area contributed by atoms with E-state index in [2.05, 4.69) is 12.2 Å². The SMILES string of the molecule is CCCC1CCNC2CC(C(=O)O)C12. The molecule has 1 saturated carbocycles. The minimum absolute atomic E-state index is 0.0654. The second-order valence-electron chi connectivity index (χ2n) is 4.66. The van der Waals surface area contributed by atoms with Gasteiger partial charge in [0.05, 0.1) is 5.92 Å². The van der Waals surface area contributed by atoms with Crippen molar-refractivity contribution in [2.45, 2.75) is 38.6 Å². The quantitative estimate of drug-likeness (QED) is 0.720. The maximum absolute atomic E-state index is 11.0. The minimum atomic E-state index is -0.587. The van der Waals surface area contributed by atoms with Gasteiger partial charge in [0.1, 0.15) is 0 Å². The van der Waals surface area contributed by atoms with Crippen LogP contribution in [0.1, 0.15) is 32.6 Å². The van der Waals surface area contributed by atoms with Crippen molar-refractivity contribution in [1.29, 1.82) is 0 Å². The molecule has 2 N–H and O–H groups in total. The Bertz CT molecular complexity index is 227. The van der Waals surface area contributed by atoms with Gasteiger partial charge in [-0.1, -0.05) is 19.8 Å². The van der Waals surface area contributed by atoms with Gasteiger partial charge >= 0.3 is 5.97 Å². The second-order valence-corrected chi connectivity index (χ2v) is 4.66. The molecule has 1 aliphatic carbocycles. The first kappa shape index (κ1) is 9.97. The number of hydrogen-bond donors (Lipinski definition) is 2. The van der Waals surface area contributed by atoms with Crippen LogP contribution in [0.15, 0.2) is 0 Å². The molecule has 2 rings (SSSR count).